The Morgan fingerprint density at radius 3 is 3.09 bits per heavy atom. The first-order chi connectivity index (χ1) is 5.34. The molecule has 1 aromatic rings. The molecule has 1 nitrogen and oxygen atoms in total. The second kappa shape index (κ2) is 4.38. The van der Waals surface area contributed by atoms with Crippen molar-refractivity contribution in [1.29, 1.82) is 0 Å². The Balaban J connectivity index is 2.95. The highest BCUT2D eigenvalue weighted by atomic mass is 79.9. The van der Waals surface area contributed by atoms with Crippen molar-refractivity contribution < 1.29 is 0 Å². The zero-order valence-electron chi connectivity index (χ0n) is 5.64. The Bertz CT molecular complexity index is 300. The molecule has 0 amide bonds. The second-order valence-corrected chi connectivity index (χ2v) is 2.74. The minimum atomic E-state index is 0.598. The van der Waals surface area contributed by atoms with Gasteiger partial charge in [-0.05, 0) is 18.1 Å². The number of rotatable bonds is 0. The third kappa shape index (κ3) is 2.53. The monoisotopic (exact) mass is 229 g/mol. The van der Waals surface area contributed by atoms with E-state index in [-0.39, 0.29) is 0 Å². The summed E-state index contributed by atoms with van der Waals surface area (Å²) in [5.41, 5.74) is 0.633. The van der Waals surface area contributed by atoms with E-state index in [0.717, 1.165) is 0 Å². The van der Waals surface area contributed by atoms with Gasteiger partial charge in [-0.2, -0.15) is 0 Å². The van der Waals surface area contributed by atoms with Crippen LogP contribution in [0.5, 0.6) is 0 Å². The molecule has 0 bridgehead atoms. The number of halogens is 2. The summed E-state index contributed by atoms with van der Waals surface area (Å²) < 4.78 is 0. The highest BCUT2D eigenvalue weighted by molar-refractivity contribution is 9.09. The van der Waals surface area contributed by atoms with E-state index in [4.69, 9.17) is 11.6 Å². The minimum absolute atomic E-state index is 0.598. The van der Waals surface area contributed by atoms with Gasteiger partial charge in [-0.15, -0.1) is 0 Å². The summed E-state index contributed by atoms with van der Waals surface area (Å²) in [5.74, 6) is 5.65. The van der Waals surface area contributed by atoms with Gasteiger partial charge in [0.05, 0.1) is 10.4 Å². The number of pyridine rings is 1. The van der Waals surface area contributed by atoms with E-state index in [1.165, 1.54) is 0 Å². The Kier molecular flexibility index (Phi) is 3.41. The van der Waals surface area contributed by atoms with Crippen molar-refractivity contribution in [3.63, 3.8) is 0 Å². The molecule has 1 rings (SSSR count). The molecule has 0 aliphatic heterocycles. The molecule has 0 unspecified atom stereocenters. The maximum Gasteiger partial charge on any atom is 0.131 e. The Morgan fingerprint density at radius 2 is 2.45 bits per heavy atom. The van der Waals surface area contributed by atoms with Crippen LogP contribution < -0.4 is 0 Å². The molecule has 0 saturated heterocycles. The fraction of sp³-hybridized carbons (Fsp3) is 0.125. The number of hydrogen-bond acceptors (Lipinski definition) is 1. The number of alkyl halides is 1. The van der Waals surface area contributed by atoms with Gasteiger partial charge in [0.25, 0.3) is 0 Å². The Labute approximate surface area is 78.9 Å². The van der Waals surface area contributed by atoms with E-state index in [1.54, 1.807) is 18.3 Å². The first-order valence-electron chi connectivity index (χ1n) is 3.00. The maximum atomic E-state index is 5.78. The van der Waals surface area contributed by atoms with Crippen LogP contribution in [0.4, 0.5) is 0 Å². The normalized spacial score (nSPS) is 8.55. The van der Waals surface area contributed by atoms with Crippen LogP contribution in [-0.4, -0.2) is 10.3 Å². The van der Waals surface area contributed by atoms with Gasteiger partial charge in [-0.3, -0.25) is 0 Å². The van der Waals surface area contributed by atoms with Crippen molar-refractivity contribution in [3.8, 4) is 11.8 Å². The quantitative estimate of drug-likeness (QED) is 0.493. The van der Waals surface area contributed by atoms with E-state index < -0.39 is 0 Å². The van der Waals surface area contributed by atoms with Gasteiger partial charge >= 0.3 is 0 Å². The van der Waals surface area contributed by atoms with Gasteiger partial charge in [-0.25, -0.2) is 4.98 Å². The Hall–Kier alpha value is -0.520. The van der Waals surface area contributed by atoms with Gasteiger partial charge in [0.2, 0.25) is 0 Å². The number of aromatic nitrogens is 1. The van der Waals surface area contributed by atoms with Crippen molar-refractivity contribution in [2.24, 2.45) is 0 Å². The summed E-state index contributed by atoms with van der Waals surface area (Å²) in [4.78, 5) is 3.99. The van der Waals surface area contributed by atoms with Crippen molar-refractivity contribution in [2.45, 2.75) is 0 Å². The summed E-state index contributed by atoms with van der Waals surface area (Å²) >= 11 is 8.97. The van der Waals surface area contributed by atoms with Crippen molar-refractivity contribution in [3.05, 3.63) is 29.0 Å². The van der Waals surface area contributed by atoms with E-state index in [9.17, 15) is 0 Å². The first kappa shape index (κ1) is 8.58. The topological polar surface area (TPSA) is 12.9 Å². The van der Waals surface area contributed by atoms with Crippen LogP contribution in [0, 0.1) is 11.8 Å². The molecular weight excluding hydrogens is 225 g/mol. The fourth-order valence-electron chi connectivity index (χ4n) is 0.595. The van der Waals surface area contributed by atoms with Crippen molar-refractivity contribution >= 4 is 27.5 Å². The molecule has 0 aliphatic carbocycles. The molecule has 56 valence electrons. The predicted molar refractivity (Wildman–Crippen MR) is 49.9 cm³/mol. The summed E-state index contributed by atoms with van der Waals surface area (Å²) in [6.07, 6.45) is 1.67. The molecule has 1 heterocycles. The number of nitrogens with zero attached hydrogens (tertiary/aromatic N) is 1. The molecule has 0 saturated carbocycles. The molecule has 0 fully saturated rings. The van der Waals surface area contributed by atoms with Crippen molar-refractivity contribution in [1.82, 2.24) is 4.98 Å². The van der Waals surface area contributed by atoms with Gasteiger partial charge in [-0.1, -0.05) is 33.5 Å². The average molecular weight is 230 g/mol. The lowest BCUT2D eigenvalue weighted by Gasteiger charge is -1.90. The van der Waals surface area contributed by atoms with Crippen molar-refractivity contribution in [2.75, 3.05) is 5.33 Å². The molecule has 0 N–H and O–H groups in total. The lowest BCUT2D eigenvalue weighted by atomic mass is 10.3. The van der Waals surface area contributed by atoms with Gasteiger partial charge < -0.3 is 0 Å². The van der Waals surface area contributed by atoms with Gasteiger partial charge in [0.1, 0.15) is 5.69 Å². The average Bonchev–Trinajstić information content (AvgIpc) is 2.03. The summed E-state index contributed by atoms with van der Waals surface area (Å²) in [6.45, 7) is 0. The largest absolute Gasteiger partial charge is 0.246 e. The van der Waals surface area contributed by atoms with Crippen LogP contribution in [-0.2, 0) is 0 Å². The van der Waals surface area contributed by atoms with Crippen LogP contribution in [0.25, 0.3) is 0 Å². The summed E-state index contributed by atoms with van der Waals surface area (Å²) in [7, 11) is 0. The predicted octanol–water partition coefficient (Wildman–Crippen LogP) is 2.48. The summed E-state index contributed by atoms with van der Waals surface area (Å²) in [5, 5.41) is 1.24. The standard InChI is InChI=1S/C8H5BrClN/c9-5-1-4-8-7(10)3-2-6-11-8/h2-3,6H,5H2. The van der Waals surface area contributed by atoms with E-state index >= 15 is 0 Å². The van der Waals surface area contributed by atoms with Crippen LogP contribution in [0.2, 0.25) is 5.02 Å². The highest BCUT2D eigenvalue weighted by Crippen LogP contribution is 2.09. The summed E-state index contributed by atoms with van der Waals surface area (Å²) in [6, 6.07) is 3.55. The van der Waals surface area contributed by atoms with Crippen LogP contribution in [0.3, 0.4) is 0 Å². The van der Waals surface area contributed by atoms with Crippen LogP contribution in [0.15, 0.2) is 18.3 Å². The van der Waals surface area contributed by atoms with Crippen LogP contribution >= 0.6 is 27.5 Å². The second-order valence-electron chi connectivity index (χ2n) is 1.77. The molecule has 3 heteroatoms. The van der Waals surface area contributed by atoms with E-state index in [0.29, 0.717) is 16.0 Å². The zero-order chi connectivity index (χ0) is 8.10. The third-order valence-corrected chi connectivity index (χ3v) is 1.62. The Morgan fingerprint density at radius 1 is 1.64 bits per heavy atom. The van der Waals surface area contributed by atoms with Crippen LogP contribution in [0.1, 0.15) is 5.69 Å². The van der Waals surface area contributed by atoms with E-state index in [1.807, 2.05) is 0 Å². The number of hydrogen-bond donors (Lipinski definition) is 0. The molecule has 0 atom stereocenters. The molecule has 11 heavy (non-hydrogen) atoms. The minimum Gasteiger partial charge on any atom is -0.246 e. The van der Waals surface area contributed by atoms with Gasteiger partial charge in [0.15, 0.2) is 0 Å². The molecule has 0 aliphatic rings. The highest BCUT2D eigenvalue weighted by Gasteiger charge is 1.93. The third-order valence-electron chi connectivity index (χ3n) is 1.03. The SMILES string of the molecule is Clc1cccnc1C#CCBr. The molecule has 1 aromatic heterocycles. The van der Waals surface area contributed by atoms with E-state index in [2.05, 4.69) is 32.8 Å². The smallest absolute Gasteiger partial charge is 0.131 e. The zero-order valence-corrected chi connectivity index (χ0v) is 7.98. The maximum absolute atomic E-state index is 5.78. The lowest BCUT2D eigenvalue weighted by Crippen LogP contribution is -1.81. The molecular formula is C8H5BrClN. The lowest BCUT2D eigenvalue weighted by molar-refractivity contribution is 1.29. The molecule has 0 aromatic carbocycles. The molecule has 0 spiro atoms. The fourth-order valence-corrected chi connectivity index (χ4v) is 0.904. The molecule has 0 radical (unpaired) electrons. The van der Waals surface area contributed by atoms with Gasteiger partial charge in [0, 0.05) is 6.20 Å². The first-order valence-corrected chi connectivity index (χ1v) is 4.50.